The molecule has 1 amide bonds. The van der Waals surface area contributed by atoms with Crippen LogP contribution in [-0.4, -0.2) is 51.9 Å². The largest absolute Gasteiger partial charge is 0.357 e. The number of carbonyl (C=O) groups excluding carboxylic acids is 1. The average Bonchev–Trinajstić information content (AvgIpc) is 3.31. The van der Waals surface area contributed by atoms with Crippen molar-refractivity contribution in [1.29, 1.82) is 0 Å². The fourth-order valence-electron chi connectivity index (χ4n) is 2.78. The molecular formula is C22H27N7O. The molecule has 8 heteroatoms. The lowest BCUT2D eigenvalue weighted by Crippen LogP contribution is -2.36. The minimum absolute atomic E-state index is 0.00271. The number of guanidine groups is 1. The molecule has 2 N–H and O–H groups in total. The Bertz CT molecular complexity index is 962. The van der Waals surface area contributed by atoms with Crippen molar-refractivity contribution in [2.45, 2.75) is 20.0 Å². The van der Waals surface area contributed by atoms with E-state index in [0.717, 1.165) is 29.4 Å². The maximum Gasteiger partial charge on any atom is 0.253 e. The molecule has 156 valence electrons. The number of nitrogens with zero attached hydrogens (tertiary/aromatic N) is 5. The third kappa shape index (κ3) is 5.66. The fourth-order valence-corrected chi connectivity index (χ4v) is 2.78. The van der Waals surface area contributed by atoms with Gasteiger partial charge < -0.3 is 15.5 Å². The molecule has 0 aliphatic carbocycles. The topological polar surface area (TPSA) is 87.4 Å². The zero-order valence-corrected chi connectivity index (χ0v) is 17.5. The first-order chi connectivity index (χ1) is 14.6. The van der Waals surface area contributed by atoms with Crippen LogP contribution < -0.4 is 10.6 Å². The molecule has 0 fully saturated rings. The molecular weight excluding hydrogens is 378 g/mol. The predicted molar refractivity (Wildman–Crippen MR) is 117 cm³/mol. The van der Waals surface area contributed by atoms with E-state index in [9.17, 15) is 4.79 Å². The number of nitrogens with one attached hydrogen (secondary N) is 2. The van der Waals surface area contributed by atoms with E-state index in [2.05, 4.69) is 25.6 Å². The number of hydrogen-bond acceptors (Lipinski definition) is 4. The Morgan fingerprint density at radius 3 is 2.47 bits per heavy atom. The summed E-state index contributed by atoms with van der Waals surface area (Å²) < 4.78 is 1.86. The molecule has 30 heavy (non-hydrogen) atoms. The van der Waals surface area contributed by atoms with Crippen molar-refractivity contribution in [3.8, 4) is 5.82 Å². The van der Waals surface area contributed by atoms with Crippen LogP contribution in [-0.2, 0) is 13.1 Å². The van der Waals surface area contributed by atoms with Gasteiger partial charge in [-0.05, 0) is 36.2 Å². The lowest BCUT2D eigenvalue weighted by Gasteiger charge is -2.13. The van der Waals surface area contributed by atoms with E-state index in [1.165, 1.54) is 0 Å². The lowest BCUT2D eigenvalue weighted by atomic mass is 10.1. The highest BCUT2D eigenvalue weighted by molar-refractivity contribution is 5.93. The minimum atomic E-state index is -0.00271. The van der Waals surface area contributed by atoms with Crippen LogP contribution in [0.25, 0.3) is 5.82 Å². The smallest absolute Gasteiger partial charge is 0.253 e. The van der Waals surface area contributed by atoms with Crippen LogP contribution in [0, 0.1) is 0 Å². The molecule has 2 heterocycles. The van der Waals surface area contributed by atoms with E-state index in [1.807, 2.05) is 60.3 Å². The van der Waals surface area contributed by atoms with Gasteiger partial charge in [0.15, 0.2) is 5.96 Å². The summed E-state index contributed by atoms with van der Waals surface area (Å²) in [5, 5.41) is 6.57. The van der Waals surface area contributed by atoms with Crippen LogP contribution in [0.1, 0.15) is 28.4 Å². The Morgan fingerprint density at radius 2 is 1.87 bits per heavy atom. The van der Waals surface area contributed by atoms with Crippen molar-refractivity contribution >= 4 is 11.9 Å². The summed E-state index contributed by atoms with van der Waals surface area (Å²) in [4.78, 5) is 26.7. The van der Waals surface area contributed by atoms with Gasteiger partial charge >= 0.3 is 0 Å². The Kier molecular flexibility index (Phi) is 7.15. The van der Waals surface area contributed by atoms with Gasteiger partial charge in [0, 0.05) is 51.3 Å². The highest BCUT2D eigenvalue weighted by Crippen LogP contribution is 2.08. The standard InChI is InChI=1S/C22H27N7O/c1-4-24-22(26-13-17-5-8-19(9-6-17)21(30)28(2)3)27-15-18-7-10-20(25-14-18)29-12-11-23-16-29/h5-12,14,16H,4,13,15H2,1-3H3,(H2,24,26,27). The number of hydrogen-bond donors (Lipinski definition) is 2. The number of rotatable bonds is 7. The first-order valence-corrected chi connectivity index (χ1v) is 9.83. The fraction of sp³-hybridized carbons (Fsp3) is 0.273. The van der Waals surface area contributed by atoms with Gasteiger partial charge in [0.05, 0.1) is 6.54 Å². The molecule has 3 rings (SSSR count). The quantitative estimate of drug-likeness (QED) is 0.465. The summed E-state index contributed by atoms with van der Waals surface area (Å²) in [6.07, 6.45) is 7.12. The van der Waals surface area contributed by atoms with Crippen LogP contribution in [0.15, 0.2) is 66.3 Å². The van der Waals surface area contributed by atoms with Crippen LogP contribution in [0.4, 0.5) is 0 Å². The van der Waals surface area contributed by atoms with Crippen LogP contribution in [0.5, 0.6) is 0 Å². The van der Waals surface area contributed by atoms with Crippen LogP contribution in [0.3, 0.4) is 0 Å². The zero-order valence-electron chi connectivity index (χ0n) is 17.5. The number of carbonyl (C=O) groups is 1. The van der Waals surface area contributed by atoms with E-state index in [1.54, 1.807) is 31.5 Å². The Hall–Kier alpha value is -3.68. The van der Waals surface area contributed by atoms with Gasteiger partial charge in [0.25, 0.3) is 5.91 Å². The highest BCUT2D eigenvalue weighted by atomic mass is 16.2. The van der Waals surface area contributed by atoms with Crippen molar-refractivity contribution in [2.75, 3.05) is 20.6 Å². The van der Waals surface area contributed by atoms with Crippen molar-refractivity contribution in [1.82, 2.24) is 30.1 Å². The highest BCUT2D eigenvalue weighted by Gasteiger charge is 2.07. The van der Waals surface area contributed by atoms with Gasteiger partial charge in [0.2, 0.25) is 0 Å². The van der Waals surface area contributed by atoms with Crippen molar-refractivity contribution in [3.63, 3.8) is 0 Å². The molecule has 0 radical (unpaired) electrons. The van der Waals surface area contributed by atoms with Gasteiger partial charge in [-0.25, -0.2) is 15.0 Å². The summed E-state index contributed by atoms with van der Waals surface area (Å²) in [6.45, 7) is 3.92. The second-order valence-electron chi connectivity index (χ2n) is 6.94. The van der Waals surface area contributed by atoms with E-state index < -0.39 is 0 Å². The Morgan fingerprint density at radius 1 is 1.10 bits per heavy atom. The number of pyridine rings is 1. The first-order valence-electron chi connectivity index (χ1n) is 9.83. The molecule has 8 nitrogen and oxygen atoms in total. The molecule has 0 bridgehead atoms. The summed E-state index contributed by atoms with van der Waals surface area (Å²) in [7, 11) is 3.50. The number of amides is 1. The molecule has 0 spiro atoms. The number of benzene rings is 1. The zero-order chi connectivity index (χ0) is 21.3. The van der Waals surface area contributed by atoms with Gasteiger partial charge in [-0.3, -0.25) is 9.36 Å². The molecule has 0 unspecified atom stereocenters. The van der Waals surface area contributed by atoms with Gasteiger partial charge in [-0.15, -0.1) is 0 Å². The monoisotopic (exact) mass is 405 g/mol. The molecule has 3 aromatic rings. The first kappa shape index (κ1) is 21.0. The summed E-state index contributed by atoms with van der Waals surface area (Å²) in [5.41, 5.74) is 2.76. The number of aliphatic imine (C=N–C) groups is 1. The molecule has 1 aromatic carbocycles. The normalized spacial score (nSPS) is 11.2. The molecule has 0 atom stereocenters. The lowest BCUT2D eigenvalue weighted by molar-refractivity contribution is 0.0827. The number of imidazole rings is 1. The van der Waals surface area contributed by atoms with Crippen LogP contribution >= 0.6 is 0 Å². The van der Waals surface area contributed by atoms with Crippen molar-refractivity contribution in [2.24, 2.45) is 4.99 Å². The second kappa shape index (κ2) is 10.2. The minimum Gasteiger partial charge on any atom is -0.357 e. The van der Waals surface area contributed by atoms with E-state index in [-0.39, 0.29) is 5.91 Å². The van der Waals surface area contributed by atoms with Crippen molar-refractivity contribution in [3.05, 3.63) is 78.0 Å². The summed E-state index contributed by atoms with van der Waals surface area (Å²) in [6, 6.07) is 11.5. The second-order valence-corrected chi connectivity index (χ2v) is 6.94. The predicted octanol–water partition coefficient (Wildman–Crippen LogP) is 2.22. The maximum absolute atomic E-state index is 12.0. The van der Waals surface area contributed by atoms with Crippen molar-refractivity contribution < 1.29 is 4.79 Å². The average molecular weight is 406 g/mol. The third-order valence-electron chi connectivity index (χ3n) is 4.41. The van der Waals surface area contributed by atoms with Gasteiger partial charge in [-0.1, -0.05) is 18.2 Å². The van der Waals surface area contributed by atoms with Gasteiger partial charge in [-0.2, -0.15) is 0 Å². The summed E-state index contributed by atoms with van der Waals surface area (Å²) in [5.74, 6) is 1.54. The number of aromatic nitrogens is 3. The molecule has 2 aromatic heterocycles. The Labute approximate surface area is 176 Å². The maximum atomic E-state index is 12.0. The van der Waals surface area contributed by atoms with Gasteiger partial charge in [0.1, 0.15) is 12.1 Å². The Balaban J connectivity index is 1.58. The molecule has 0 saturated heterocycles. The molecule has 0 aliphatic heterocycles. The summed E-state index contributed by atoms with van der Waals surface area (Å²) >= 11 is 0. The SMILES string of the molecule is CCNC(=NCc1ccc(-n2ccnc2)nc1)NCc1ccc(C(=O)N(C)C)cc1. The van der Waals surface area contributed by atoms with E-state index >= 15 is 0 Å². The van der Waals surface area contributed by atoms with Crippen LogP contribution in [0.2, 0.25) is 0 Å². The molecule has 0 saturated carbocycles. The van der Waals surface area contributed by atoms with E-state index in [0.29, 0.717) is 18.7 Å². The molecule has 0 aliphatic rings. The van der Waals surface area contributed by atoms with E-state index in [4.69, 9.17) is 0 Å². The third-order valence-corrected chi connectivity index (χ3v) is 4.41.